The normalized spacial score (nSPS) is 10.4. The Kier molecular flexibility index (Phi) is 5.23. The van der Waals surface area contributed by atoms with Gasteiger partial charge in [0.15, 0.2) is 0 Å². The number of benzene rings is 1. The van der Waals surface area contributed by atoms with Crippen molar-refractivity contribution in [2.75, 3.05) is 10.6 Å². The van der Waals surface area contributed by atoms with E-state index in [1.807, 2.05) is 55.6 Å². The SMILES string of the molecule is Cc1cc(NCc2ccc(Cl)cc2)nc(NCc2cccnc2)n1. The average molecular weight is 340 g/mol. The lowest BCUT2D eigenvalue weighted by atomic mass is 10.2. The van der Waals surface area contributed by atoms with Crippen molar-refractivity contribution < 1.29 is 0 Å². The molecule has 2 heterocycles. The van der Waals surface area contributed by atoms with E-state index >= 15 is 0 Å². The Morgan fingerprint density at radius 1 is 0.958 bits per heavy atom. The van der Waals surface area contributed by atoms with Gasteiger partial charge in [0.05, 0.1) is 0 Å². The van der Waals surface area contributed by atoms with E-state index in [2.05, 4.69) is 25.6 Å². The van der Waals surface area contributed by atoms with Crippen LogP contribution in [-0.4, -0.2) is 15.0 Å². The molecule has 1 aromatic carbocycles. The Morgan fingerprint density at radius 3 is 2.50 bits per heavy atom. The number of nitrogens with zero attached hydrogens (tertiary/aromatic N) is 3. The summed E-state index contributed by atoms with van der Waals surface area (Å²) < 4.78 is 0. The Morgan fingerprint density at radius 2 is 1.75 bits per heavy atom. The third-order valence-electron chi connectivity index (χ3n) is 3.41. The van der Waals surface area contributed by atoms with Gasteiger partial charge in [0.1, 0.15) is 5.82 Å². The van der Waals surface area contributed by atoms with Crippen LogP contribution >= 0.6 is 11.6 Å². The van der Waals surface area contributed by atoms with Crippen LogP contribution < -0.4 is 10.6 Å². The van der Waals surface area contributed by atoms with Crippen LogP contribution in [0.15, 0.2) is 54.9 Å². The average Bonchev–Trinajstić information content (AvgIpc) is 2.60. The van der Waals surface area contributed by atoms with E-state index in [9.17, 15) is 0 Å². The molecule has 0 spiro atoms. The summed E-state index contributed by atoms with van der Waals surface area (Å²) in [5.41, 5.74) is 3.12. The molecule has 0 bridgehead atoms. The van der Waals surface area contributed by atoms with Crippen molar-refractivity contribution >= 4 is 23.4 Å². The fraction of sp³-hybridized carbons (Fsp3) is 0.167. The molecule has 0 aliphatic carbocycles. The topological polar surface area (TPSA) is 62.7 Å². The largest absolute Gasteiger partial charge is 0.366 e. The summed E-state index contributed by atoms with van der Waals surface area (Å²) in [6.45, 7) is 3.26. The molecule has 2 aromatic heterocycles. The second-order valence-corrected chi connectivity index (χ2v) is 5.85. The summed E-state index contributed by atoms with van der Waals surface area (Å²) in [4.78, 5) is 13.0. The van der Waals surface area contributed by atoms with Crippen LogP contribution in [0.25, 0.3) is 0 Å². The molecule has 0 saturated carbocycles. The van der Waals surface area contributed by atoms with Crippen molar-refractivity contribution in [3.05, 3.63) is 76.7 Å². The van der Waals surface area contributed by atoms with Gasteiger partial charge < -0.3 is 10.6 Å². The van der Waals surface area contributed by atoms with Crippen molar-refractivity contribution in [2.24, 2.45) is 0 Å². The van der Waals surface area contributed by atoms with Crippen LogP contribution in [0.5, 0.6) is 0 Å². The highest BCUT2D eigenvalue weighted by Crippen LogP contribution is 2.14. The molecular formula is C18H18ClN5. The van der Waals surface area contributed by atoms with Crippen LogP contribution in [0, 0.1) is 6.92 Å². The maximum Gasteiger partial charge on any atom is 0.225 e. The van der Waals surface area contributed by atoms with Gasteiger partial charge in [-0.2, -0.15) is 4.98 Å². The fourth-order valence-corrected chi connectivity index (χ4v) is 2.34. The smallest absolute Gasteiger partial charge is 0.225 e. The number of rotatable bonds is 6. The van der Waals surface area contributed by atoms with Gasteiger partial charge in [-0.3, -0.25) is 4.98 Å². The zero-order chi connectivity index (χ0) is 16.8. The Labute approximate surface area is 146 Å². The third-order valence-corrected chi connectivity index (χ3v) is 3.67. The lowest BCUT2D eigenvalue weighted by Crippen LogP contribution is -2.08. The van der Waals surface area contributed by atoms with Crippen molar-refractivity contribution in [1.29, 1.82) is 0 Å². The molecule has 0 saturated heterocycles. The van der Waals surface area contributed by atoms with Gasteiger partial charge in [-0.15, -0.1) is 0 Å². The molecule has 0 aliphatic heterocycles. The van der Waals surface area contributed by atoms with Crippen molar-refractivity contribution in [2.45, 2.75) is 20.0 Å². The summed E-state index contributed by atoms with van der Waals surface area (Å²) >= 11 is 5.90. The molecular weight excluding hydrogens is 322 g/mol. The van der Waals surface area contributed by atoms with E-state index in [0.717, 1.165) is 27.7 Å². The molecule has 3 aromatic rings. The first-order chi connectivity index (χ1) is 11.7. The highest BCUT2D eigenvalue weighted by Gasteiger charge is 2.03. The number of nitrogens with one attached hydrogen (secondary N) is 2. The molecule has 0 radical (unpaired) electrons. The number of aromatic nitrogens is 3. The number of hydrogen-bond acceptors (Lipinski definition) is 5. The lowest BCUT2D eigenvalue weighted by Gasteiger charge is -2.10. The first-order valence-electron chi connectivity index (χ1n) is 7.66. The maximum atomic E-state index is 5.90. The molecule has 2 N–H and O–H groups in total. The van der Waals surface area contributed by atoms with Crippen LogP contribution in [0.1, 0.15) is 16.8 Å². The predicted molar refractivity (Wildman–Crippen MR) is 97.1 cm³/mol. The van der Waals surface area contributed by atoms with Crippen molar-refractivity contribution in [3.8, 4) is 0 Å². The standard InChI is InChI=1S/C18H18ClN5/c1-13-9-17(21-11-14-4-6-16(19)7-5-14)24-18(23-13)22-12-15-3-2-8-20-10-15/h2-10H,11-12H2,1H3,(H2,21,22,23,24). The third kappa shape index (κ3) is 4.67. The number of pyridine rings is 1. The minimum absolute atomic E-state index is 0.595. The van der Waals surface area contributed by atoms with E-state index in [4.69, 9.17) is 11.6 Å². The summed E-state index contributed by atoms with van der Waals surface area (Å²) in [5.74, 6) is 1.38. The zero-order valence-electron chi connectivity index (χ0n) is 13.3. The molecule has 5 nitrogen and oxygen atoms in total. The monoisotopic (exact) mass is 339 g/mol. The minimum atomic E-state index is 0.595. The Hall–Kier alpha value is -2.66. The number of anilines is 2. The predicted octanol–water partition coefficient (Wildman–Crippen LogP) is 4.06. The molecule has 0 aliphatic rings. The first-order valence-corrected chi connectivity index (χ1v) is 8.03. The number of aryl methyl sites for hydroxylation is 1. The highest BCUT2D eigenvalue weighted by molar-refractivity contribution is 6.30. The van der Waals surface area contributed by atoms with Crippen molar-refractivity contribution in [1.82, 2.24) is 15.0 Å². The first kappa shape index (κ1) is 16.2. The zero-order valence-corrected chi connectivity index (χ0v) is 14.1. The summed E-state index contributed by atoms with van der Waals surface area (Å²) in [6, 6.07) is 13.6. The van der Waals surface area contributed by atoms with E-state index in [1.165, 1.54) is 0 Å². The van der Waals surface area contributed by atoms with Crippen LogP contribution in [-0.2, 0) is 13.1 Å². The molecule has 3 rings (SSSR count). The van der Waals surface area contributed by atoms with Crippen LogP contribution in [0.4, 0.5) is 11.8 Å². The fourth-order valence-electron chi connectivity index (χ4n) is 2.22. The van der Waals surface area contributed by atoms with Gasteiger partial charge in [0.25, 0.3) is 0 Å². The van der Waals surface area contributed by atoms with Crippen LogP contribution in [0.2, 0.25) is 5.02 Å². The van der Waals surface area contributed by atoms with E-state index < -0.39 is 0 Å². The van der Waals surface area contributed by atoms with Crippen LogP contribution in [0.3, 0.4) is 0 Å². The van der Waals surface area contributed by atoms with Gasteiger partial charge >= 0.3 is 0 Å². The minimum Gasteiger partial charge on any atom is -0.366 e. The van der Waals surface area contributed by atoms with Gasteiger partial charge in [-0.1, -0.05) is 29.8 Å². The molecule has 0 unspecified atom stereocenters. The van der Waals surface area contributed by atoms with E-state index in [0.29, 0.717) is 19.0 Å². The molecule has 6 heteroatoms. The molecule has 0 fully saturated rings. The summed E-state index contributed by atoms with van der Waals surface area (Å²) in [7, 11) is 0. The second kappa shape index (κ2) is 7.75. The highest BCUT2D eigenvalue weighted by atomic mass is 35.5. The molecule has 122 valence electrons. The van der Waals surface area contributed by atoms with Gasteiger partial charge in [-0.05, 0) is 36.2 Å². The van der Waals surface area contributed by atoms with Gasteiger partial charge in [0, 0.05) is 42.3 Å². The van der Waals surface area contributed by atoms with E-state index in [1.54, 1.807) is 6.20 Å². The Bertz CT molecular complexity index is 790. The quantitative estimate of drug-likeness (QED) is 0.709. The Balaban J connectivity index is 1.63. The summed E-state index contributed by atoms with van der Waals surface area (Å²) in [6.07, 6.45) is 3.58. The molecule has 0 atom stereocenters. The molecule has 24 heavy (non-hydrogen) atoms. The van der Waals surface area contributed by atoms with Gasteiger partial charge in [-0.25, -0.2) is 4.98 Å². The second-order valence-electron chi connectivity index (χ2n) is 5.41. The summed E-state index contributed by atoms with van der Waals surface area (Å²) in [5, 5.41) is 7.28. The van der Waals surface area contributed by atoms with E-state index in [-0.39, 0.29) is 0 Å². The van der Waals surface area contributed by atoms with Gasteiger partial charge in [0.2, 0.25) is 5.95 Å². The number of halogens is 1. The van der Waals surface area contributed by atoms with Crippen molar-refractivity contribution in [3.63, 3.8) is 0 Å². The number of hydrogen-bond donors (Lipinski definition) is 2. The lowest BCUT2D eigenvalue weighted by molar-refractivity contribution is 1.01. The maximum absolute atomic E-state index is 5.90. The molecule has 0 amide bonds.